The van der Waals surface area contributed by atoms with Gasteiger partial charge in [0, 0.05) is 12.7 Å². The number of nitrogens with zero attached hydrogens (tertiary/aromatic N) is 5. The minimum atomic E-state index is -0.259. The monoisotopic (exact) mass is 320 g/mol. The Labute approximate surface area is 137 Å². The number of anilines is 1. The molecule has 0 amide bonds. The summed E-state index contributed by atoms with van der Waals surface area (Å²) in [5.74, 6) is 1.07. The van der Waals surface area contributed by atoms with Crippen LogP contribution >= 0.6 is 0 Å². The lowest BCUT2D eigenvalue weighted by atomic mass is 10.2. The molecule has 0 atom stereocenters. The lowest BCUT2D eigenvalue weighted by Crippen LogP contribution is -2.04. The Kier molecular flexibility index (Phi) is 3.59. The molecule has 0 aliphatic carbocycles. The Morgan fingerprint density at radius 2 is 2.00 bits per heavy atom. The molecule has 4 rings (SSSR count). The van der Waals surface area contributed by atoms with E-state index in [1.165, 1.54) is 18.5 Å². The van der Waals surface area contributed by atoms with Crippen LogP contribution < -0.4 is 5.32 Å². The first-order valence-electron chi connectivity index (χ1n) is 7.40. The Morgan fingerprint density at radius 1 is 1.04 bits per heavy atom. The second-order valence-corrected chi connectivity index (χ2v) is 5.19. The molecule has 0 aliphatic heterocycles. The fourth-order valence-electron chi connectivity index (χ4n) is 2.46. The van der Waals surface area contributed by atoms with Crippen molar-refractivity contribution in [3.8, 4) is 5.82 Å². The van der Waals surface area contributed by atoms with Crippen LogP contribution in [0.4, 0.5) is 10.2 Å². The number of fused-ring (bicyclic) bond motifs is 1. The fraction of sp³-hybridized carbons (Fsp3) is 0.0588. The molecule has 24 heavy (non-hydrogen) atoms. The Morgan fingerprint density at radius 3 is 2.83 bits per heavy atom. The molecule has 6 nitrogen and oxygen atoms in total. The molecule has 7 heteroatoms. The topological polar surface area (TPSA) is 68.5 Å². The second kappa shape index (κ2) is 6.04. The predicted molar refractivity (Wildman–Crippen MR) is 88.2 cm³/mol. The van der Waals surface area contributed by atoms with Gasteiger partial charge >= 0.3 is 0 Å². The smallest absolute Gasteiger partial charge is 0.170 e. The molecule has 1 N–H and O–H groups in total. The van der Waals surface area contributed by atoms with Crippen LogP contribution in [-0.4, -0.2) is 24.7 Å². The van der Waals surface area contributed by atoms with E-state index in [-0.39, 0.29) is 5.82 Å². The molecule has 118 valence electrons. The van der Waals surface area contributed by atoms with E-state index in [4.69, 9.17) is 0 Å². The average Bonchev–Trinajstić information content (AvgIpc) is 3.05. The summed E-state index contributed by atoms with van der Waals surface area (Å²) in [6, 6.07) is 12.0. The number of halogens is 1. The van der Waals surface area contributed by atoms with Gasteiger partial charge in [-0.1, -0.05) is 18.2 Å². The van der Waals surface area contributed by atoms with Crippen molar-refractivity contribution in [3.63, 3.8) is 0 Å². The normalized spacial score (nSPS) is 10.9. The molecule has 0 bridgehead atoms. The van der Waals surface area contributed by atoms with Gasteiger partial charge in [0.2, 0.25) is 0 Å². The fourth-order valence-corrected chi connectivity index (χ4v) is 2.46. The summed E-state index contributed by atoms with van der Waals surface area (Å²) >= 11 is 0. The van der Waals surface area contributed by atoms with Gasteiger partial charge in [-0.05, 0) is 29.8 Å². The first-order chi connectivity index (χ1) is 11.8. The maximum Gasteiger partial charge on any atom is 0.170 e. The summed E-state index contributed by atoms with van der Waals surface area (Å²) in [5, 5.41) is 8.33. The summed E-state index contributed by atoms with van der Waals surface area (Å²) in [6.45, 7) is 0.457. The summed E-state index contributed by atoms with van der Waals surface area (Å²) in [6.07, 6.45) is 4.86. The number of aromatic nitrogens is 5. The van der Waals surface area contributed by atoms with Crippen LogP contribution in [0.25, 0.3) is 16.9 Å². The van der Waals surface area contributed by atoms with Crippen molar-refractivity contribution in [2.45, 2.75) is 6.54 Å². The molecule has 1 aromatic carbocycles. The SMILES string of the molecule is Fc1cccc(CNc2ncnc3c2cnn3-c2ccccn2)c1. The highest BCUT2D eigenvalue weighted by atomic mass is 19.1. The zero-order valence-corrected chi connectivity index (χ0v) is 12.6. The molecule has 0 radical (unpaired) electrons. The van der Waals surface area contributed by atoms with Crippen LogP contribution in [0.3, 0.4) is 0 Å². The van der Waals surface area contributed by atoms with Gasteiger partial charge in [-0.2, -0.15) is 9.78 Å². The summed E-state index contributed by atoms with van der Waals surface area (Å²) in [5.41, 5.74) is 1.49. The van der Waals surface area contributed by atoms with Gasteiger partial charge in [-0.15, -0.1) is 0 Å². The van der Waals surface area contributed by atoms with E-state index in [0.717, 1.165) is 10.9 Å². The van der Waals surface area contributed by atoms with Crippen molar-refractivity contribution >= 4 is 16.9 Å². The van der Waals surface area contributed by atoms with Crippen molar-refractivity contribution < 1.29 is 4.39 Å². The first-order valence-corrected chi connectivity index (χ1v) is 7.40. The molecule has 0 aliphatic rings. The second-order valence-electron chi connectivity index (χ2n) is 5.19. The van der Waals surface area contributed by atoms with E-state index in [9.17, 15) is 4.39 Å². The Hall–Kier alpha value is -3.35. The van der Waals surface area contributed by atoms with Crippen LogP contribution in [0.5, 0.6) is 0 Å². The summed E-state index contributed by atoms with van der Waals surface area (Å²) in [4.78, 5) is 12.8. The quantitative estimate of drug-likeness (QED) is 0.626. The molecule has 0 saturated heterocycles. The van der Waals surface area contributed by atoms with E-state index in [2.05, 4.69) is 25.4 Å². The van der Waals surface area contributed by atoms with Crippen LogP contribution in [0, 0.1) is 5.82 Å². The van der Waals surface area contributed by atoms with Crippen molar-refractivity contribution in [2.75, 3.05) is 5.32 Å². The third-order valence-corrected chi connectivity index (χ3v) is 3.58. The van der Waals surface area contributed by atoms with E-state index in [1.807, 2.05) is 24.3 Å². The number of benzene rings is 1. The highest BCUT2D eigenvalue weighted by molar-refractivity contribution is 5.86. The van der Waals surface area contributed by atoms with Crippen LogP contribution in [0.2, 0.25) is 0 Å². The standard InChI is InChI=1S/C17H13FN6/c18-13-5-3-4-12(8-13)9-20-16-14-10-23-24(17(14)22-11-21-16)15-6-1-2-7-19-15/h1-8,10-11H,9H2,(H,20,21,22). The van der Waals surface area contributed by atoms with Crippen LogP contribution in [0.15, 0.2) is 61.2 Å². The van der Waals surface area contributed by atoms with Crippen molar-refractivity contribution in [1.29, 1.82) is 0 Å². The highest BCUT2D eigenvalue weighted by Crippen LogP contribution is 2.21. The van der Waals surface area contributed by atoms with Gasteiger partial charge in [-0.3, -0.25) is 0 Å². The number of hydrogen-bond donors (Lipinski definition) is 1. The van der Waals surface area contributed by atoms with Gasteiger partial charge in [0.1, 0.15) is 18.0 Å². The largest absolute Gasteiger partial charge is 0.365 e. The minimum Gasteiger partial charge on any atom is -0.365 e. The summed E-state index contributed by atoms with van der Waals surface area (Å²) in [7, 11) is 0. The predicted octanol–water partition coefficient (Wildman–Crippen LogP) is 2.96. The molecule has 0 saturated carbocycles. The van der Waals surface area contributed by atoms with Crippen molar-refractivity contribution in [1.82, 2.24) is 24.7 Å². The molecule has 0 unspecified atom stereocenters. The third-order valence-electron chi connectivity index (χ3n) is 3.58. The van der Waals surface area contributed by atoms with E-state index in [1.54, 1.807) is 23.1 Å². The van der Waals surface area contributed by atoms with Gasteiger partial charge in [0.05, 0.1) is 11.6 Å². The Bertz CT molecular complexity index is 983. The summed E-state index contributed by atoms with van der Waals surface area (Å²) < 4.78 is 14.9. The van der Waals surface area contributed by atoms with E-state index in [0.29, 0.717) is 23.8 Å². The lowest BCUT2D eigenvalue weighted by molar-refractivity contribution is 0.626. The lowest BCUT2D eigenvalue weighted by Gasteiger charge is -2.07. The molecule has 0 spiro atoms. The molecule has 0 fully saturated rings. The zero-order chi connectivity index (χ0) is 16.4. The van der Waals surface area contributed by atoms with Gasteiger partial charge in [0.15, 0.2) is 11.5 Å². The molecule has 3 heterocycles. The minimum absolute atomic E-state index is 0.259. The maximum absolute atomic E-state index is 13.3. The number of rotatable bonds is 4. The van der Waals surface area contributed by atoms with E-state index >= 15 is 0 Å². The maximum atomic E-state index is 13.3. The van der Waals surface area contributed by atoms with Crippen molar-refractivity contribution in [2.24, 2.45) is 0 Å². The molecular formula is C17H13FN6. The average molecular weight is 320 g/mol. The Balaban J connectivity index is 1.66. The molecule has 4 aromatic rings. The number of nitrogens with one attached hydrogen (secondary N) is 1. The van der Waals surface area contributed by atoms with Crippen molar-refractivity contribution in [3.05, 3.63) is 72.6 Å². The third kappa shape index (κ3) is 2.67. The van der Waals surface area contributed by atoms with Gasteiger partial charge in [0.25, 0.3) is 0 Å². The number of pyridine rings is 1. The zero-order valence-electron chi connectivity index (χ0n) is 12.6. The van der Waals surface area contributed by atoms with E-state index < -0.39 is 0 Å². The van der Waals surface area contributed by atoms with Crippen LogP contribution in [-0.2, 0) is 6.54 Å². The first kappa shape index (κ1) is 14.3. The highest BCUT2D eigenvalue weighted by Gasteiger charge is 2.11. The molecule has 3 aromatic heterocycles. The van der Waals surface area contributed by atoms with Crippen LogP contribution in [0.1, 0.15) is 5.56 Å². The van der Waals surface area contributed by atoms with Gasteiger partial charge in [-0.25, -0.2) is 19.3 Å². The van der Waals surface area contributed by atoms with Gasteiger partial charge < -0.3 is 5.32 Å². The molecular weight excluding hydrogens is 307 g/mol. The number of hydrogen-bond acceptors (Lipinski definition) is 5.